The van der Waals surface area contributed by atoms with Crippen molar-refractivity contribution in [2.24, 2.45) is 0 Å². The van der Waals surface area contributed by atoms with Crippen LogP contribution in [0.15, 0.2) is 41.3 Å². The molecule has 10 heteroatoms. The Hall–Kier alpha value is -2.26. The number of thioether (sulfide) groups is 1. The molecule has 168 valence electrons. The van der Waals surface area contributed by atoms with E-state index in [1.54, 1.807) is 49.4 Å². The van der Waals surface area contributed by atoms with Crippen LogP contribution in [-0.4, -0.2) is 41.4 Å². The number of hydrogen-bond acceptors (Lipinski definition) is 7. The van der Waals surface area contributed by atoms with Crippen LogP contribution in [0.25, 0.3) is 6.08 Å². The number of ether oxygens (including phenoxy) is 3. The first-order valence-electron chi connectivity index (χ1n) is 9.34. The van der Waals surface area contributed by atoms with Crippen molar-refractivity contribution >= 4 is 69.5 Å². The van der Waals surface area contributed by atoms with Crippen LogP contribution < -0.4 is 9.47 Å². The molecule has 1 unspecified atom stereocenters. The summed E-state index contributed by atoms with van der Waals surface area (Å²) in [5.41, 5.74) is 1.50. The fraction of sp³-hybridized carbons (Fsp3) is 0.227. The van der Waals surface area contributed by atoms with Gasteiger partial charge in [0.05, 0.1) is 19.1 Å². The van der Waals surface area contributed by atoms with Gasteiger partial charge in [-0.1, -0.05) is 59.3 Å². The molecule has 1 aliphatic rings. The van der Waals surface area contributed by atoms with Crippen molar-refractivity contribution in [3.63, 3.8) is 0 Å². The molecule has 32 heavy (non-hydrogen) atoms. The number of carbonyl (C=O) groups is 2. The van der Waals surface area contributed by atoms with Gasteiger partial charge >= 0.3 is 5.97 Å². The molecule has 0 spiro atoms. The second-order valence-corrected chi connectivity index (χ2v) is 9.20. The average molecular weight is 512 g/mol. The second kappa shape index (κ2) is 10.6. The number of rotatable bonds is 7. The molecule has 2 aromatic rings. The standard InChI is InChI=1S/C22H19Cl2NO5S2/c1-12(21(27)29-3)25-20(26)19(32-22(25)31)9-13-4-7-17(18(8-13)28-2)30-11-14-5-6-15(23)10-16(14)24/h4-10,12H,11H2,1-3H3/b19-9-. The van der Waals surface area contributed by atoms with Gasteiger partial charge in [0.2, 0.25) is 0 Å². The summed E-state index contributed by atoms with van der Waals surface area (Å²) in [4.78, 5) is 26.3. The molecule has 6 nitrogen and oxygen atoms in total. The first-order valence-corrected chi connectivity index (χ1v) is 11.3. The van der Waals surface area contributed by atoms with Gasteiger partial charge in [-0.2, -0.15) is 0 Å². The maximum absolute atomic E-state index is 12.8. The fourth-order valence-electron chi connectivity index (χ4n) is 2.93. The Kier molecular flexibility index (Phi) is 8.05. The molecule has 1 aliphatic heterocycles. The quantitative estimate of drug-likeness (QED) is 0.282. The van der Waals surface area contributed by atoms with E-state index in [1.165, 1.54) is 19.1 Å². The highest BCUT2D eigenvalue weighted by molar-refractivity contribution is 8.26. The van der Waals surface area contributed by atoms with Gasteiger partial charge in [-0.3, -0.25) is 9.69 Å². The third kappa shape index (κ3) is 5.38. The summed E-state index contributed by atoms with van der Waals surface area (Å²) in [6.07, 6.45) is 1.69. The Labute approximate surface area is 205 Å². The molecular formula is C22H19Cl2NO5S2. The number of amides is 1. The van der Waals surface area contributed by atoms with Crippen molar-refractivity contribution in [3.05, 3.63) is 62.5 Å². The molecule has 1 saturated heterocycles. The van der Waals surface area contributed by atoms with Crippen LogP contribution in [-0.2, 0) is 20.9 Å². The lowest BCUT2D eigenvalue weighted by atomic mass is 10.1. The molecule has 0 bridgehead atoms. The molecule has 1 heterocycles. The maximum Gasteiger partial charge on any atom is 0.328 e. The van der Waals surface area contributed by atoms with E-state index in [1.807, 2.05) is 0 Å². The largest absolute Gasteiger partial charge is 0.493 e. The number of thiocarbonyl (C=S) groups is 1. The maximum atomic E-state index is 12.8. The van der Waals surface area contributed by atoms with Crippen molar-refractivity contribution in [1.29, 1.82) is 0 Å². The van der Waals surface area contributed by atoms with Gasteiger partial charge in [0, 0.05) is 15.6 Å². The molecule has 1 atom stereocenters. The third-order valence-corrected chi connectivity index (χ3v) is 6.55. The van der Waals surface area contributed by atoms with E-state index in [0.717, 1.165) is 17.3 Å². The van der Waals surface area contributed by atoms with Crippen LogP contribution in [0.1, 0.15) is 18.1 Å². The minimum absolute atomic E-state index is 0.232. The molecular weight excluding hydrogens is 493 g/mol. The predicted molar refractivity (Wildman–Crippen MR) is 130 cm³/mol. The first kappa shape index (κ1) is 24.4. The summed E-state index contributed by atoms with van der Waals surface area (Å²) >= 11 is 18.5. The zero-order chi connectivity index (χ0) is 23.4. The predicted octanol–water partition coefficient (Wildman–Crippen LogP) is 5.34. The first-order chi connectivity index (χ1) is 15.2. The SMILES string of the molecule is COC(=O)C(C)N1C(=O)/C(=C/c2ccc(OCc3ccc(Cl)cc3Cl)c(OC)c2)SC1=S. The van der Waals surface area contributed by atoms with E-state index in [0.29, 0.717) is 36.3 Å². The summed E-state index contributed by atoms with van der Waals surface area (Å²) in [6.45, 7) is 1.80. The minimum Gasteiger partial charge on any atom is -0.493 e. The van der Waals surface area contributed by atoms with Gasteiger partial charge in [-0.25, -0.2) is 4.79 Å². The van der Waals surface area contributed by atoms with Gasteiger partial charge in [-0.05, 0) is 42.8 Å². The van der Waals surface area contributed by atoms with Gasteiger partial charge in [-0.15, -0.1) is 0 Å². The molecule has 1 amide bonds. The van der Waals surface area contributed by atoms with Crippen molar-refractivity contribution < 1.29 is 23.8 Å². The van der Waals surface area contributed by atoms with E-state index >= 15 is 0 Å². The Morgan fingerprint density at radius 2 is 1.94 bits per heavy atom. The zero-order valence-electron chi connectivity index (χ0n) is 17.4. The highest BCUT2D eigenvalue weighted by Gasteiger charge is 2.38. The third-order valence-electron chi connectivity index (χ3n) is 4.64. The lowest BCUT2D eigenvalue weighted by Crippen LogP contribution is -2.42. The number of halogens is 2. The van der Waals surface area contributed by atoms with Gasteiger partial charge in [0.1, 0.15) is 17.0 Å². The molecule has 0 aliphatic carbocycles. The Morgan fingerprint density at radius 3 is 2.59 bits per heavy atom. The van der Waals surface area contributed by atoms with Crippen LogP contribution in [0.5, 0.6) is 11.5 Å². The summed E-state index contributed by atoms with van der Waals surface area (Å²) in [7, 11) is 2.79. The van der Waals surface area contributed by atoms with E-state index in [4.69, 9.17) is 49.6 Å². The Morgan fingerprint density at radius 1 is 1.19 bits per heavy atom. The van der Waals surface area contributed by atoms with Crippen molar-refractivity contribution in [3.8, 4) is 11.5 Å². The summed E-state index contributed by atoms with van der Waals surface area (Å²) in [5, 5.41) is 1.06. The normalized spacial score (nSPS) is 15.8. The van der Waals surface area contributed by atoms with Gasteiger partial charge < -0.3 is 14.2 Å². The minimum atomic E-state index is -0.802. The average Bonchev–Trinajstić information content (AvgIpc) is 3.05. The van der Waals surface area contributed by atoms with Gasteiger partial charge in [0.25, 0.3) is 5.91 Å². The topological polar surface area (TPSA) is 65.1 Å². The highest BCUT2D eigenvalue weighted by atomic mass is 35.5. The van der Waals surface area contributed by atoms with Gasteiger partial charge in [0.15, 0.2) is 11.5 Å². The van der Waals surface area contributed by atoms with E-state index < -0.39 is 12.0 Å². The summed E-state index contributed by atoms with van der Waals surface area (Å²) in [5.74, 6) is 0.117. The number of esters is 1. The number of hydrogen-bond donors (Lipinski definition) is 0. The molecule has 0 aromatic heterocycles. The second-order valence-electron chi connectivity index (χ2n) is 6.69. The van der Waals surface area contributed by atoms with E-state index in [2.05, 4.69) is 0 Å². The van der Waals surface area contributed by atoms with Crippen LogP contribution in [0, 0.1) is 0 Å². The van der Waals surface area contributed by atoms with Crippen LogP contribution in [0.2, 0.25) is 10.0 Å². The lowest BCUT2D eigenvalue weighted by molar-refractivity contribution is -0.147. The fourth-order valence-corrected chi connectivity index (χ4v) is 4.81. The van der Waals surface area contributed by atoms with Crippen molar-refractivity contribution in [1.82, 2.24) is 4.90 Å². The van der Waals surface area contributed by atoms with Crippen molar-refractivity contribution in [2.45, 2.75) is 19.6 Å². The van der Waals surface area contributed by atoms with E-state index in [9.17, 15) is 9.59 Å². The summed E-state index contributed by atoms with van der Waals surface area (Å²) < 4.78 is 16.3. The highest BCUT2D eigenvalue weighted by Crippen LogP contribution is 2.36. The molecule has 0 N–H and O–H groups in total. The number of methoxy groups -OCH3 is 2. The molecule has 2 aromatic carbocycles. The molecule has 3 rings (SSSR count). The molecule has 0 saturated carbocycles. The summed E-state index contributed by atoms with van der Waals surface area (Å²) in [6, 6.07) is 9.66. The number of nitrogens with zero attached hydrogens (tertiary/aromatic N) is 1. The zero-order valence-corrected chi connectivity index (χ0v) is 20.5. The van der Waals surface area contributed by atoms with Crippen molar-refractivity contribution in [2.75, 3.05) is 14.2 Å². The monoisotopic (exact) mass is 511 g/mol. The van der Waals surface area contributed by atoms with Crippen LogP contribution in [0.4, 0.5) is 0 Å². The Balaban J connectivity index is 1.78. The smallest absolute Gasteiger partial charge is 0.328 e. The van der Waals surface area contributed by atoms with Crippen LogP contribution >= 0.6 is 47.2 Å². The number of carbonyl (C=O) groups excluding carboxylic acids is 2. The number of benzene rings is 2. The van der Waals surface area contributed by atoms with E-state index in [-0.39, 0.29) is 12.5 Å². The molecule has 1 fully saturated rings. The molecule has 0 radical (unpaired) electrons. The lowest BCUT2D eigenvalue weighted by Gasteiger charge is -2.20. The van der Waals surface area contributed by atoms with Crippen LogP contribution in [0.3, 0.4) is 0 Å². The Bertz CT molecular complexity index is 1110.